The van der Waals surface area contributed by atoms with E-state index in [0.29, 0.717) is 5.92 Å². The van der Waals surface area contributed by atoms with Crippen molar-refractivity contribution in [2.24, 2.45) is 5.92 Å². The van der Waals surface area contributed by atoms with Crippen molar-refractivity contribution in [3.8, 4) is 0 Å². The lowest BCUT2D eigenvalue weighted by atomic mass is 9.91. The van der Waals surface area contributed by atoms with Crippen molar-refractivity contribution in [3.05, 3.63) is 18.5 Å². The number of carbonyl (C=O) groups excluding carboxylic acids is 1. The zero-order valence-corrected chi connectivity index (χ0v) is 14.8. The van der Waals surface area contributed by atoms with E-state index in [9.17, 15) is 4.79 Å². The van der Waals surface area contributed by atoms with E-state index in [1.54, 1.807) is 0 Å². The molecule has 6 heteroatoms. The number of carbonyl (C=O) groups is 1. The first-order chi connectivity index (χ1) is 10.8. The maximum absolute atomic E-state index is 11.9. The average Bonchev–Trinajstić information content (AvgIpc) is 2.96. The van der Waals surface area contributed by atoms with Gasteiger partial charge in [0.25, 0.3) is 0 Å². The van der Waals surface area contributed by atoms with Crippen LogP contribution in [-0.4, -0.2) is 52.1 Å². The number of amides is 1. The second-order valence-corrected chi connectivity index (χ2v) is 7.41. The molecule has 0 aromatic carbocycles. The highest BCUT2D eigenvalue weighted by Gasteiger charge is 2.27. The van der Waals surface area contributed by atoms with Crippen LogP contribution in [-0.2, 0) is 11.3 Å². The Hall–Kier alpha value is -1.56. The summed E-state index contributed by atoms with van der Waals surface area (Å²) in [7, 11) is 0. The minimum absolute atomic E-state index is 0.123. The van der Waals surface area contributed by atoms with Gasteiger partial charge in [-0.2, -0.15) is 5.10 Å². The molecule has 1 aliphatic rings. The van der Waals surface area contributed by atoms with Crippen LogP contribution in [0.4, 0.5) is 4.79 Å². The quantitative estimate of drug-likeness (QED) is 0.905. The van der Waals surface area contributed by atoms with Gasteiger partial charge in [0, 0.05) is 31.5 Å². The zero-order chi connectivity index (χ0) is 16.9. The molecule has 0 radical (unpaired) electrons. The normalized spacial score (nSPS) is 21.0. The van der Waals surface area contributed by atoms with E-state index in [1.165, 1.54) is 6.42 Å². The SMILES string of the molecule is C[C@@H](NC(=O)OC(C)(C)C)[C@@H]1CCCN(CCn2cccn2)C1. The molecule has 6 nitrogen and oxygen atoms in total. The Morgan fingerprint density at radius 3 is 2.87 bits per heavy atom. The molecule has 2 rings (SSSR count). The van der Waals surface area contributed by atoms with E-state index < -0.39 is 5.60 Å². The maximum Gasteiger partial charge on any atom is 0.407 e. The Morgan fingerprint density at radius 2 is 2.22 bits per heavy atom. The van der Waals surface area contributed by atoms with Gasteiger partial charge in [0.2, 0.25) is 0 Å². The monoisotopic (exact) mass is 322 g/mol. The molecule has 1 aromatic rings. The topological polar surface area (TPSA) is 59.4 Å². The van der Waals surface area contributed by atoms with Crippen molar-refractivity contribution in [2.75, 3.05) is 19.6 Å². The summed E-state index contributed by atoms with van der Waals surface area (Å²) in [6, 6.07) is 2.07. The second-order valence-electron chi connectivity index (χ2n) is 7.41. The molecule has 130 valence electrons. The third-order valence-electron chi connectivity index (χ3n) is 4.20. The third-order valence-corrected chi connectivity index (χ3v) is 4.20. The largest absolute Gasteiger partial charge is 0.444 e. The number of aromatic nitrogens is 2. The van der Waals surface area contributed by atoms with Crippen LogP contribution >= 0.6 is 0 Å². The van der Waals surface area contributed by atoms with Gasteiger partial charge in [-0.1, -0.05) is 0 Å². The van der Waals surface area contributed by atoms with Crippen LogP contribution in [0.25, 0.3) is 0 Å². The molecule has 1 aromatic heterocycles. The van der Waals surface area contributed by atoms with Gasteiger partial charge < -0.3 is 15.0 Å². The first-order valence-corrected chi connectivity index (χ1v) is 8.53. The molecule has 0 aliphatic carbocycles. The minimum atomic E-state index is -0.452. The molecule has 1 N–H and O–H groups in total. The summed E-state index contributed by atoms with van der Waals surface area (Å²) in [5, 5.41) is 7.24. The molecule has 1 fully saturated rings. The summed E-state index contributed by atoms with van der Waals surface area (Å²) in [6.45, 7) is 11.8. The molecule has 1 amide bonds. The molecular formula is C17H30N4O2. The number of hydrogen-bond acceptors (Lipinski definition) is 4. The van der Waals surface area contributed by atoms with Gasteiger partial charge in [0.1, 0.15) is 5.60 Å². The first-order valence-electron chi connectivity index (χ1n) is 8.53. The number of nitrogens with one attached hydrogen (secondary N) is 1. The van der Waals surface area contributed by atoms with Gasteiger partial charge in [-0.15, -0.1) is 0 Å². The third kappa shape index (κ3) is 6.22. The van der Waals surface area contributed by atoms with Crippen LogP contribution < -0.4 is 5.32 Å². The summed E-state index contributed by atoms with van der Waals surface area (Å²) in [4.78, 5) is 14.4. The molecule has 0 unspecified atom stereocenters. The molecule has 0 spiro atoms. The molecule has 23 heavy (non-hydrogen) atoms. The smallest absolute Gasteiger partial charge is 0.407 e. The fourth-order valence-electron chi connectivity index (χ4n) is 2.99. The Bertz CT molecular complexity index is 481. The van der Waals surface area contributed by atoms with Gasteiger partial charge in [-0.3, -0.25) is 4.68 Å². The van der Waals surface area contributed by atoms with Gasteiger partial charge in [-0.25, -0.2) is 4.79 Å². The second kappa shape index (κ2) is 7.81. The van der Waals surface area contributed by atoms with Crippen molar-refractivity contribution in [2.45, 2.75) is 58.7 Å². The Morgan fingerprint density at radius 1 is 1.43 bits per heavy atom. The minimum Gasteiger partial charge on any atom is -0.444 e. The van der Waals surface area contributed by atoms with E-state index in [4.69, 9.17) is 4.74 Å². The lowest BCUT2D eigenvalue weighted by Crippen LogP contribution is -2.47. The van der Waals surface area contributed by atoms with Crippen LogP contribution in [0.15, 0.2) is 18.5 Å². The Balaban J connectivity index is 1.76. The van der Waals surface area contributed by atoms with E-state index in [-0.39, 0.29) is 12.1 Å². The average molecular weight is 322 g/mol. The Kier molecular flexibility index (Phi) is 6.04. The lowest BCUT2D eigenvalue weighted by molar-refractivity contribution is 0.0467. The molecule has 1 aliphatic heterocycles. The van der Waals surface area contributed by atoms with E-state index in [0.717, 1.165) is 32.6 Å². The highest BCUT2D eigenvalue weighted by atomic mass is 16.6. The van der Waals surface area contributed by atoms with Crippen LogP contribution in [0.1, 0.15) is 40.5 Å². The molecule has 2 heterocycles. The molecule has 0 saturated carbocycles. The van der Waals surface area contributed by atoms with Gasteiger partial charge in [0.15, 0.2) is 0 Å². The number of rotatable bonds is 5. The van der Waals surface area contributed by atoms with Crippen molar-refractivity contribution in [1.29, 1.82) is 0 Å². The Labute approximate surface area is 139 Å². The fraction of sp³-hybridized carbons (Fsp3) is 0.765. The molecular weight excluding hydrogens is 292 g/mol. The van der Waals surface area contributed by atoms with Crippen molar-refractivity contribution < 1.29 is 9.53 Å². The summed E-state index contributed by atoms with van der Waals surface area (Å²) < 4.78 is 7.31. The number of likely N-dealkylation sites (tertiary alicyclic amines) is 1. The van der Waals surface area contributed by atoms with Crippen molar-refractivity contribution in [3.63, 3.8) is 0 Å². The van der Waals surface area contributed by atoms with Crippen LogP contribution in [0.5, 0.6) is 0 Å². The molecule has 0 bridgehead atoms. The van der Waals surface area contributed by atoms with E-state index in [1.807, 2.05) is 43.9 Å². The zero-order valence-electron chi connectivity index (χ0n) is 14.8. The van der Waals surface area contributed by atoms with E-state index >= 15 is 0 Å². The summed E-state index contributed by atoms with van der Waals surface area (Å²) in [6.07, 6.45) is 5.80. The number of hydrogen-bond donors (Lipinski definition) is 1. The number of nitrogens with zero attached hydrogens (tertiary/aromatic N) is 3. The predicted octanol–water partition coefficient (Wildman–Crippen LogP) is 2.51. The van der Waals surface area contributed by atoms with Gasteiger partial charge in [0.05, 0.1) is 6.54 Å². The first kappa shape index (κ1) is 17.8. The lowest BCUT2D eigenvalue weighted by Gasteiger charge is -2.36. The fourth-order valence-corrected chi connectivity index (χ4v) is 2.99. The maximum atomic E-state index is 11.9. The summed E-state index contributed by atoms with van der Waals surface area (Å²) in [5.41, 5.74) is -0.452. The van der Waals surface area contributed by atoms with Gasteiger partial charge in [-0.05, 0) is 59.1 Å². The predicted molar refractivity (Wildman–Crippen MR) is 90.2 cm³/mol. The van der Waals surface area contributed by atoms with Crippen LogP contribution in [0.3, 0.4) is 0 Å². The number of alkyl carbamates (subject to hydrolysis) is 1. The van der Waals surface area contributed by atoms with Crippen LogP contribution in [0.2, 0.25) is 0 Å². The van der Waals surface area contributed by atoms with Gasteiger partial charge >= 0.3 is 6.09 Å². The summed E-state index contributed by atoms with van der Waals surface area (Å²) >= 11 is 0. The van der Waals surface area contributed by atoms with Crippen molar-refractivity contribution in [1.82, 2.24) is 20.0 Å². The molecule has 1 saturated heterocycles. The number of ether oxygens (including phenoxy) is 1. The van der Waals surface area contributed by atoms with Crippen molar-refractivity contribution >= 4 is 6.09 Å². The highest BCUT2D eigenvalue weighted by Crippen LogP contribution is 2.20. The standard InChI is InChI=1S/C17H30N4O2/c1-14(19-16(22)23-17(2,3)4)15-7-5-9-20(13-15)11-12-21-10-6-8-18-21/h6,8,10,14-15H,5,7,9,11-13H2,1-4H3,(H,19,22)/t14-,15-/m1/s1. The molecule has 2 atom stereocenters. The van der Waals surface area contributed by atoms with E-state index in [2.05, 4.69) is 22.2 Å². The van der Waals surface area contributed by atoms with Crippen LogP contribution in [0, 0.1) is 5.92 Å². The summed E-state index contributed by atoms with van der Waals surface area (Å²) in [5.74, 6) is 0.467. The number of piperidine rings is 1. The highest BCUT2D eigenvalue weighted by molar-refractivity contribution is 5.68.